The highest BCUT2D eigenvalue weighted by molar-refractivity contribution is 6.13. The van der Waals surface area contributed by atoms with E-state index in [2.05, 4.69) is 15.4 Å². The third kappa shape index (κ3) is 3.85. The lowest BCUT2D eigenvalue weighted by Crippen LogP contribution is -2.14. The van der Waals surface area contributed by atoms with Crippen molar-refractivity contribution in [3.63, 3.8) is 0 Å². The monoisotopic (exact) mass is 398 g/mol. The summed E-state index contributed by atoms with van der Waals surface area (Å²) in [5.41, 5.74) is 4.91. The van der Waals surface area contributed by atoms with Crippen molar-refractivity contribution in [2.45, 2.75) is 27.3 Å². The molecule has 4 rings (SSSR count). The predicted molar refractivity (Wildman–Crippen MR) is 117 cm³/mol. The molecule has 0 saturated heterocycles. The molecule has 0 unspecified atom stereocenters. The summed E-state index contributed by atoms with van der Waals surface area (Å²) >= 11 is 0. The summed E-state index contributed by atoms with van der Waals surface area (Å²) < 4.78 is 1.83. The van der Waals surface area contributed by atoms with E-state index in [4.69, 9.17) is 0 Å². The van der Waals surface area contributed by atoms with Crippen molar-refractivity contribution in [1.82, 2.24) is 14.8 Å². The van der Waals surface area contributed by atoms with Crippen molar-refractivity contribution in [3.8, 4) is 0 Å². The number of amides is 1. The van der Waals surface area contributed by atoms with E-state index in [1.54, 1.807) is 30.3 Å². The number of rotatable bonds is 5. The van der Waals surface area contributed by atoms with Crippen LogP contribution in [-0.2, 0) is 6.54 Å². The minimum atomic E-state index is -0.256. The van der Waals surface area contributed by atoms with Gasteiger partial charge in [-0.2, -0.15) is 5.10 Å². The average Bonchev–Trinajstić information content (AvgIpc) is 3.03. The second-order valence-electron chi connectivity index (χ2n) is 7.33. The molecule has 2 heterocycles. The van der Waals surface area contributed by atoms with Crippen LogP contribution in [0.3, 0.4) is 0 Å². The van der Waals surface area contributed by atoms with Gasteiger partial charge in [0.25, 0.3) is 5.91 Å². The van der Waals surface area contributed by atoms with Gasteiger partial charge in [-0.3, -0.25) is 9.59 Å². The fraction of sp³-hybridized carbons (Fsp3) is 0.167. The van der Waals surface area contributed by atoms with Gasteiger partial charge in [-0.25, -0.2) is 9.67 Å². The Hall–Kier alpha value is -3.80. The van der Waals surface area contributed by atoms with E-state index in [0.717, 1.165) is 22.3 Å². The summed E-state index contributed by atoms with van der Waals surface area (Å²) in [5, 5.41) is 8.28. The number of fused-ring (bicyclic) bond motifs is 1. The van der Waals surface area contributed by atoms with Gasteiger partial charge >= 0.3 is 0 Å². The number of aryl methyl sites for hydroxylation is 2. The number of nitrogens with zero attached hydrogens (tertiary/aromatic N) is 3. The summed E-state index contributed by atoms with van der Waals surface area (Å²) in [6.07, 6.45) is 0. The number of carbonyl (C=O) groups is 2. The van der Waals surface area contributed by atoms with E-state index >= 15 is 0 Å². The van der Waals surface area contributed by atoms with E-state index in [1.165, 1.54) is 6.92 Å². The quantitative estimate of drug-likeness (QED) is 0.500. The van der Waals surface area contributed by atoms with Crippen molar-refractivity contribution in [2.75, 3.05) is 5.32 Å². The standard InChI is InChI=1S/C24H22N4O2/c1-15-12-21(24(30)26-20-11-7-10-19(13-20)17(3)29)22-16(2)27-28(23(22)25-15)14-18-8-5-4-6-9-18/h4-13H,14H2,1-3H3,(H,26,30). The third-order valence-corrected chi connectivity index (χ3v) is 4.95. The normalized spacial score (nSPS) is 10.9. The van der Waals surface area contributed by atoms with E-state index in [9.17, 15) is 9.59 Å². The molecule has 0 saturated carbocycles. The minimum absolute atomic E-state index is 0.0497. The molecule has 2 aromatic heterocycles. The molecule has 0 spiro atoms. The molecule has 6 heteroatoms. The molecule has 1 amide bonds. The molecule has 2 aromatic carbocycles. The van der Waals surface area contributed by atoms with Crippen LogP contribution in [0.1, 0.15) is 44.6 Å². The van der Waals surface area contributed by atoms with Crippen LogP contribution in [0.5, 0.6) is 0 Å². The van der Waals surface area contributed by atoms with Gasteiger partial charge in [-0.05, 0) is 44.5 Å². The first-order valence-electron chi connectivity index (χ1n) is 9.73. The van der Waals surface area contributed by atoms with Crippen LogP contribution in [-0.4, -0.2) is 26.5 Å². The first-order chi connectivity index (χ1) is 14.4. The van der Waals surface area contributed by atoms with E-state index in [0.29, 0.717) is 29.0 Å². The number of hydrogen-bond acceptors (Lipinski definition) is 4. The number of hydrogen-bond donors (Lipinski definition) is 1. The molecular weight excluding hydrogens is 376 g/mol. The molecule has 0 atom stereocenters. The van der Waals surface area contributed by atoms with Crippen LogP contribution in [0.4, 0.5) is 5.69 Å². The number of nitrogens with one attached hydrogen (secondary N) is 1. The summed E-state index contributed by atoms with van der Waals surface area (Å²) in [7, 11) is 0. The van der Waals surface area contributed by atoms with E-state index in [1.807, 2.05) is 48.9 Å². The number of carbonyl (C=O) groups excluding carboxylic acids is 2. The molecule has 0 aliphatic heterocycles. The van der Waals surface area contributed by atoms with Gasteiger partial charge in [0.1, 0.15) is 0 Å². The molecule has 150 valence electrons. The van der Waals surface area contributed by atoms with Crippen LogP contribution in [0.15, 0.2) is 60.7 Å². The summed E-state index contributed by atoms with van der Waals surface area (Å²) in [4.78, 5) is 29.4. The maximum atomic E-state index is 13.1. The van der Waals surface area contributed by atoms with Crippen molar-refractivity contribution in [1.29, 1.82) is 0 Å². The Morgan fingerprint density at radius 1 is 1.00 bits per heavy atom. The lowest BCUT2D eigenvalue weighted by molar-refractivity contribution is 0.101. The zero-order valence-corrected chi connectivity index (χ0v) is 17.1. The second-order valence-corrected chi connectivity index (χ2v) is 7.33. The number of ketones is 1. The van der Waals surface area contributed by atoms with Crippen LogP contribution < -0.4 is 5.32 Å². The van der Waals surface area contributed by atoms with Crippen LogP contribution >= 0.6 is 0 Å². The maximum Gasteiger partial charge on any atom is 0.256 e. The SMILES string of the molecule is CC(=O)c1cccc(NC(=O)c2cc(C)nc3c2c(C)nn3Cc2ccccc2)c1. The molecule has 6 nitrogen and oxygen atoms in total. The van der Waals surface area contributed by atoms with Crippen molar-refractivity contribution in [2.24, 2.45) is 0 Å². The van der Waals surface area contributed by atoms with Gasteiger partial charge in [0.15, 0.2) is 11.4 Å². The van der Waals surface area contributed by atoms with Crippen LogP contribution in [0, 0.1) is 13.8 Å². The number of pyridine rings is 1. The Kier molecular flexibility index (Phi) is 5.14. The van der Waals surface area contributed by atoms with Crippen molar-refractivity contribution >= 4 is 28.4 Å². The molecule has 30 heavy (non-hydrogen) atoms. The largest absolute Gasteiger partial charge is 0.322 e. The van der Waals surface area contributed by atoms with Gasteiger partial charge in [0.05, 0.1) is 23.2 Å². The van der Waals surface area contributed by atoms with Gasteiger partial charge in [0, 0.05) is 16.9 Å². The van der Waals surface area contributed by atoms with Crippen LogP contribution in [0.25, 0.3) is 11.0 Å². The molecule has 0 aliphatic carbocycles. The molecule has 0 bridgehead atoms. The van der Waals surface area contributed by atoms with Gasteiger partial charge < -0.3 is 5.32 Å². The fourth-order valence-electron chi connectivity index (χ4n) is 3.54. The first kappa shape index (κ1) is 19.5. The Morgan fingerprint density at radius 3 is 2.50 bits per heavy atom. The molecular formula is C24H22N4O2. The average molecular weight is 398 g/mol. The summed E-state index contributed by atoms with van der Waals surface area (Å²) in [6.45, 7) is 5.82. The van der Waals surface area contributed by atoms with Crippen molar-refractivity contribution in [3.05, 3.63) is 88.7 Å². The number of Topliss-reactive ketones (excluding diaryl/α,β-unsaturated/α-hetero) is 1. The fourth-order valence-corrected chi connectivity index (χ4v) is 3.54. The highest BCUT2D eigenvalue weighted by Gasteiger charge is 2.19. The third-order valence-electron chi connectivity index (χ3n) is 4.95. The lowest BCUT2D eigenvalue weighted by atomic mass is 10.1. The molecule has 0 fully saturated rings. The topological polar surface area (TPSA) is 76.9 Å². The van der Waals surface area contributed by atoms with Crippen LogP contribution in [0.2, 0.25) is 0 Å². The maximum absolute atomic E-state index is 13.1. The van der Waals surface area contributed by atoms with Gasteiger partial charge in [0.2, 0.25) is 0 Å². The summed E-state index contributed by atoms with van der Waals surface area (Å²) in [6, 6.07) is 18.7. The number of anilines is 1. The Bertz CT molecular complexity index is 1260. The Balaban J connectivity index is 1.73. The smallest absolute Gasteiger partial charge is 0.256 e. The minimum Gasteiger partial charge on any atom is -0.322 e. The van der Waals surface area contributed by atoms with E-state index in [-0.39, 0.29) is 11.7 Å². The van der Waals surface area contributed by atoms with Crippen molar-refractivity contribution < 1.29 is 9.59 Å². The molecule has 0 radical (unpaired) electrons. The summed E-state index contributed by atoms with van der Waals surface area (Å²) in [5.74, 6) is -0.306. The Labute approximate surface area is 174 Å². The van der Waals surface area contributed by atoms with Gasteiger partial charge in [-0.1, -0.05) is 42.5 Å². The molecule has 4 aromatic rings. The zero-order valence-electron chi connectivity index (χ0n) is 17.1. The zero-order chi connectivity index (χ0) is 21.3. The first-order valence-corrected chi connectivity index (χ1v) is 9.73. The molecule has 1 N–H and O–H groups in total. The lowest BCUT2D eigenvalue weighted by Gasteiger charge is -2.09. The number of aromatic nitrogens is 3. The highest BCUT2D eigenvalue weighted by atomic mass is 16.1. The second kappa shape index (κ2) is 7.91. The highest BCUT2D eigenvalue weighted by Crippen LogP contribution is 2.24. The predicted octanol–water partition coefficient (Wildman–Crippen LogP) is 4.55. The number of benzene rings is 2. The Morgan fingerprint density at radius 2 is 1.77 bits per heavy atom. The van der Waals surface area contributed by atoms with Gasteiger partial charge in [-0.15, -0.1) is 0 Å². The molecule has 0 aliphatic rings. The van der Waals surface area contributed by atoms with E-state index < -0.39 is 0 Å².